The SMILES string of the molecule is CCCN1CCC(N(C)CC(O)c2cccc(OC)c2)CC1. The van der Waals surface area contributed by atoms with Gasteiger partial charge in [-0.2, -0.15) is 0 Å². The quantitative estimate of drug-likeness (QED) is 0.840. The average Bonchev–Trinajstić information content (AvgIpc) is 2.55. The van der Waals surface area contributed by atoms with E-state index in [0.29, 0.717) is 12.6 Å². The summed E-state index contributed by atoms with van der Waals surface area (Å²) in [6, 6.07) is 8.30. The third-order valence-electron chi connectivity index (χ3n) is 4.66. The standard InChI is InChI=1S/C18H30N2O2/c1-4-10-20-11-8-16(9-12-20)19(2)14-18(21)15-6-5-7-17(13-15)22-3/h5-7,13,16,18,21H,4,8-12,14H2,1-3H3. The highest BCUT2D eigenvalue weighted by molar-refractivity contribution is 5.29. The van der Waals surface area contributed by atoms with Crippen molar-refractivity contribution in [1.82, 2.24) is 9.80 Å². The summed E-state index contributed by atoms with van der Waals surface area (Å²) in [5.41, 5.74) is 0.926. The van der Waals surface area contributed by atoms with Crippen molar-refractivity contribution in [2.45, 2.75) is 38.3 Å². The lowest BCUT2D eigenvalue weighted by Crippen LogP contribution is -2.44. The molecule has 1 unspecified atom stereocenters. The average molecular weight is 306 g/mol. The molecular weight excluding hydrogens is 276 g/mol. The first-order valence-corrected chi connectivity index (χ1v) is 8.38. The van der Waals surface area contributed by atoms with Gasteiger partial charge in [-0.25, -0.2) is 0 Å². The molecule has 0 amide bonds. The highest BCUT2D eigenvalue weighted by Gasteiger charge is 2.23. The number of hydrogen-bond acceptors (Lipinski definition) is 4. The molecule has 1 aromatic rings. The van der Waals surface area contributed by atoms with Gasteiger partial charge in [-0.15, -0.1) is 0 Å². The van der Waals surface area contributed by atoms with Crippen molar-refractivity contribution >= 4 is 0 Å². The summed E-state index contributed by atoms with van der Waals surface area (Å²) in [4.78, 5) is 4.86. The molecule has 1 aliphatic rings. The molecule has 1 heterocycles. The Morgan fingerprint density at radius 1 is 1.36 bits per heavy atom. The van der Waals surface area contributed by atoms with E-state index in [1.165, 1.54) is 38.9 Å². The minimum absolute atomic E-state index is 0.464. The lowest BCUT2D eigenvalue weighted by atomic mass is 10.0. The molecule has 1 aromatic carbocycles. The van der Waals surface area contributed by atoms with Gasteiger partial charge in [0.25, 0.3) is 0 Å². The third-order valence-corrected chi connectivity index (χ3v) is 4.66. The summed E-state index contributed by atoms with van der Waals surface area (Å²) in [6.07, 6.45) is 3.16. The molecule has 0 spiro atoms. The molecule has 0 aromatic heterocycles. The van der Waals surface area contributed by atoms with Crippen molar-refractivity contribution in [3.8, 4) is 5.75 Å². The van der Waals surface area contributed by atoms with E-state index < -0.39 is 6.10 Å². The minimum atomic E-state index is -0.464. The molecule has 22 heavy (non-hydrogen) atoms. The molecule has 1 fully saturated rings. The van der Waals surface area contributed by atoms with Gasteiger partial charge in [0.1, 0.15) is 5.75 Å². The molecule has 0 saturated carbocycles. The van der Waals surface area contributed by atoms with Gasteiger partial charge < -0.3 is 19.6 Å². The lowest BCUT2D eigenvalue weighted by molar-refractivity contribution is 0.0735. The topological polar surface area (TPSA) is 35.9 Å². The zero-order valence-corrected chi connectivity index (χ0v) is 14.2. The van der Waals surface area contributed by atoms with E-state index in [4.69, 9.17) is 4.74 Å². The number of piperidine rings is 1. The van der Waals surface area contributed by atoms with Crippen LogP contribution in [0.2, 0.25) is 0 Å². The van der Waals surface area contributed by atoms with Crippen LogP contribution in [0.5, 0.6) is 5.75 Å². The maximum absolute atomic E-state index is 10.5. The highest BCUT2D eigenvalue weighted by Crippen LogP contribution is 2.22. The Hall–Kier alpha value is -1.10. The number of likely N-dealkylation sites (N-methyl/N-ethyl adjacent to an activating group) is 1. The molecular formula is C18H30N2O2. The van der Waals surface area contributed by atoms with Crippen LogP contribution in [0.25, 0.3) is 0 Å². The van der Waals surface area contributed by atoms with E-state index in [-0.39, 0.29) is 0 Å². The third kappa shape index (κ3) is 4.70. The molecule has 4 heteroatoms. The van der Waals surface area contributed by atoms with Gasteiger partial charge in [0.15, 0.2) is 0 Å². The van der Waals surface area contributed by atoms with Crippen molar-refractivity contribution in [2.75, 3.05) is 40.3 Å². The highest BCUT2D eigenvalue weighted by atomic mass is 16.5. The van der Waals surface area contributed by atoms with Crippen LogP contribution in [-0.2, 0) is 0 Å². The van der Waals surface area contributed by atoms with Crippen LogP contribution in [0.3, 0.4) is 0 Å². The van der Waals surface area contributed by atoms with E-state index in [0.717, 1.165) is 11.3 Å². The van der Waals surface area contributed by atoms with E-state index in [9.17, 15) is 5.11 Å². The summed E-state index contributed by atoms with van der Waals surface area (Å²) in [5.74, 6) is 0.798. The number of rotatable bonds is 7. The maximum atomic E-state index is 10.5. The summed E-state index contributed by atoms with van der Waals surface area (Å²) >= 11 is 0. The number of hydrogen-bond donors (Lipinski definition) is 1. The molecule has 1 atom stereocenters. The van der Waals surface area contributed by atoms with Crippen LogP contribution < -0.4 is 4.74 Å². The normalized spacial score (nSPS) is 18.6. The largest absolute Gasteiger partial charge is 0.497 e. The molecule has 0 radical (unpaired) electrons. The second-order valence-electron chi connectivity index (χ2n) is 6.30. The smallest absolute Gasteiger partial charge is 0.119 e. The van der Waals surface area contributed by atoms with Crippen LogP contribution in [0, 0.1) is 0 Å². The predicted molar refractivity (Wildman–Crippen MR) is 90.3 cm³/mol. The summed E-state index contributed by atoms with van der Waals surface area (Å²) in [7, 11) is 3.78. The molecule has 124 valence electrons. The number of likely N-dealkylation sites (tertiary alicyclic amines) is 1. The van der Waals surface area contributed by atoms with Crippen molar-refractivity contribution in [3.05, 3.63) is 29.8 Å². The van der Waals surface area contributed by atoms with Crippen LogP contribution in [0.15, 0.2) is 24.3 Å². The molecule has 1 N–H and O–H groups in total. The summed E-state index contributed by atoms with van der Waals surface area (Å²) in [6.45, 7) is 6.48. The number of aliphatic hydroxyl groups is 1. The second kappa shape index (κ2) is 8.51. The summed E-state index contributed by atoms with van der Waals surface area (Å²) in [5, 5.41) is 10.5. The molecule has 0 aliphatic carbocycles. The van der Waals surface area contributed by atoms with E-state index >= 15 is 0 Å². The van der Waals surface area contributed by atoms with Crippen molar-refractivity contribution < 1.29 is 9.84 Å². The van der Waals surface area contributed by atoms with Crippen LogP contribution in [0.1, 0.15) is 37.9 Å². The van der Waals surface area contributed by atoms with Crippen LogP contribution in [0.4, 0.5) is 0 Å². The Labute approximate surface area is 134 Å². The van der Waals surface area contributed by atoms with Crippen LogP contribution in [-0.4, -0.2) is 61.3 Å². The van der Waals surface area contributed by atoms with Gasteiger partial charge in [0, 0.05) is 12.6 Å². The number of benzene rings is 1. The minimum Gasteiger partial charge on any atom is -0.497 e. The fraction of sp³-hybridized carbons (Fsp3) is 0.667. The Bertz CT molecular complexity index is 444. The Balaban J connectivity index is 1.84. The predicted octanol–water partition coefficient (Wildman–Crippen LogP) is 2.53. The van der Waals surface area contributed by atoms with Gasteiger partial charge in [0.2, 0.25) is 0 Å². The van der Waals surface area contributed by atoms with E-state index in [1.807, 2.05) is 24.3 Å². The van der Waals surface area contributed by atoms with Crippen molar-refractivity contribution in [3.63, 3.8) is 0 Å². The van der Waals surface area contributed by atoms with Gasteiger partial charge in [-0.1, -0.05) is 19.1 Å². The van der Waals surface area contributed by atoms with Crippen molar-refractivity contribution in [1.29, 1.82) is 0 Å². The summed E-state index contributed by atoms with van der Waals surface area (Å²) < 4.78 is 5.23. The Kier molecular flexibility index (Phi) is 6.68. The first kappa shape index (κ1) is 17.3. The second-order valence-corrected chi connectivity index (χ2v) is 6.30. The lowest BCUT2D eigenvalue weighted by Gasteiger charge is -2.37. The fourth-order valence-corrected chi connectivity index (χ4v) is 3.28. The van der Waals surface area contributed by atoms with Gasteiger partial charge >= 0.3 is 0 Å². The molecule has 2 rings (SSSR count). The number of nitrogens with zero attached hydrogens (tertiary/aromatic N) is 2. The number of aliphatic hydroxyl groups excluding tert-OH is 1. The van der Waals surface area contributed by atoms with Gasteiger partial charge in [-0.05, 0) is 63.6 Å². The molecule has 1 saturated heterocycles. The Morgan fingerprint density at radius 3 is 2.73 bits per heavy atom. The van der Waals surface area contributed by atoms with E-state index in [2.05, 4.69) is 23.8 Å². The zero-order valence-electron chi connectivity index (χ0n) is 14.2. The number of methoxy groups -OCH3 is 1. The van der Waals surface area contributed by atoms with Crippen LogP contribution >= 0.6 is 0 Å². The van der Waals surface area contributed by atoms with E-state index in [1.54, 1.807) is 7.11 Å². The maximum Gasteiger partial charge on any atom is 0.119 e. The molecule has 1 aliphatic heterocycles. The van der Waals surface area contributed by atoms with Gasteiger partial charge in [0.05, 0.1) is 13.2 Å². The fourth-order valence-electron chi connectivity index (χ4n) is 3.28. The Morgan fingerprint density at radius 2 is 2.09 bits per heavy atom. The van der Waals surface area contributed by atoms with Gasteiger partial charge in [-0.3, -0.25) is 0 Å². The molecule has 4 nitrogen and oxygen atoms in total. The van der Waals surface area contributed by atoms with Crippen molar-refractivity contribution in [2.24, 2.45) is 0 Å². The molecule has 0 bridgehead atoms. The first-order valence-electron chi connectivity index (χ1n) is 8.38. The zero-order chi connectivity index (χ0) is 15.9. The monoisotopic (exact) mass is 306 g/mol. The first-order chi connectivity index (χ1) is 10.6. The number of ether oxygens (including phenoxy) is 1.